The minimum atomic E-state index is -0.382. The van der Waals surface area contributed by atoms with Gasteiger partial charge in [0.05, 0.1) is 23.1 Å². The van der Waals surface area contributed by atoms with Gasteiger partial charge in [-0.05, 0) is 42.8 Å². The van der Waals surface area contributed by atoms with Crippen LogP contribution in [0.4, 0.5) is 5.69 Å². The molecule has 0 radical (unpaired) electrons. The van der Waals surface area contributed by atoms with Crippen molar-refractivity contribution in [1.82, 2.24) is 15.0 Å². The first-order chi connectivity index (χ1) is 15.1. The number of aromatic nitrogens is 3. The van der Waals surface area contributed by atoms with Crippen LogP contribution in [0, 0.1) is 6.92 Å². The van der Waals surface area contributed by atoms with Gasteiger partial charge in [0.25, 0.3) is 11.8 Å². The van der Waals surface area contributed by atoms with Crippen molar-refractivity contribution in [1.29, 1.82) is 0 Å². The van der Waals surface area contributed by atoms with Crippen molar-refractivity contribution in [3.05, 3.63) is 107 Å². The van der Waals surface area contributed by atoms with Crippen molar-refractivity contribution in [2.75, 3.05) is 4.90 Å². The molecule has 0 atom stereocenters. The molecule has 0 N–H and O–H groups in total. The number of benzene rings is 3. The second-order valence-corrected chi connectivity index (χ2v) is 7.23. The van der Waals surface area contributed by atoms with Gasteiger partial charge in [-0.1, -0.05) is 54.6 Å². The third-order valence-electron chi connectivity index (χ3n) is 5.23. The van der Waals surface area contributed by atoms with Crippen LogP contribution in [0.25, 0.3) is 17.3 Å². The number of nitrogens with zero attached hydrogens (tertiary/aromatic N) is 4. The molecule has 4 aromatic rings. The average Bonchev–Trinajstić information content (AvgIpc) is 3.27. The average molecular weight is 406 g/mol. The lowest BCUT2D eigenvalue weighted by molar-refractivity contribution is -0.112. The lowest BCUT2D eigenvalue weighted by Crippen LogP contribution is -2.42. The molecule has 5 rings (SSSR count). The maximum atomic E-state index is 13.5. The molecule has 6 heteroatoms. The first kappa shape index (κ1) is 18.7. The Morgan fingerprint density at radius 2 is 1.45 bits per heavy atom. The van der Waals surface area contributed by atoms with E-state index in [2.05, 4.69) is 10.2 Å². The molecular weight excluding hydrogens is 388 g/mol. The smallest absolute Gasteiger partial charge is 0.266 e. The van der Waals surface area contributed by atoms with Gasteiger partial charge in [0, 0.05) is 11.1 Å². The maximum absolute atomic E-state index is 13.5. The number of anilines is 1. The van der Waals surface area contributed by atoms with Gasteiger partial charge >= 0.3 is 0 Å². The highest BCUT2D eigenvalue weighted by molar-refractivity contribution is 6.43. The highest BCUT2D eigenvalue weighted by Gasteiger charge is 2.36. The van der Waals surface area contributed by atoms with Crippen molar-refractivity contribution in [2.45, 2.75) is 6.92 Å². The van der Waals surface area contributed by atoms with Crippen LogP contribution in [0.15, 0.2) is 85.1 Å². The summed E-state index contributed by atoms with van der Waals surface area (Å²) in [5.41, 5.74) is 4.24. The Morgan fingerprint density at radius 1 is 0.774 bits per heavy atom. The summed E-state index contributed by atoms with van der Waals surface area (Å²) < 4.78 is 0. The molecule has 1 aliphatic heterocycles. The molecular formula is C25H18N4O2. The molecule has 3 aromatic carbocycles. The highest BCUT2D eigenvalue weighted by Crippen LogP contribution is 2.34. The van der Waals surface area contributed by atoms with Crippen LogP contribution in [0.1, 0.15) is 27.2 Å². The molecule has 0 aliphatic carbocycles. The lowest BCUT2D eigenvalue weighted by Gasteiger charge is -2.29. The van der Waals surface area contributed by atoms with Gasteiger partial charge in [-0.15, -0.1) is 5.10 Å². The van der Waals surface area contributed by atoms with Gasteiger partial charge in [0.1, 0.15) is 5.69 Å². The molecule has 0 saturated heterocycles. The van der Waals surface area contributed by atoms with Gasteiger partial charge in [-0.2, -0.15) is 9.90 Å². The number of hydrogen-bond donors (Lipinski definition) is 0. The molecule has 0 spiro atoms. The minimum Gasteiger partial charge on any atom is -0.268 e. The van der Waals surface area contributed by atoms with Crippen LogP contribution in [-0.4, -0.2) is 26.8 Å². The highest BCUT2D eigenvalue weighted by atomic mass is 16.2. The summed E-state index contributed by atoms with van der Waals surface area (Å²) in [6.45, 7) is 1.88. The molecule has 0 fully saturated rings. The number of carbonyl (C=O) groups excluding carboxylic acids is 2. The van der Waals surface area contributed by atoms with E-state index in [0.29, 0.717) is 28.1 Å². The molecule has 0 saturated carbocycles. The molecule has 1 aromatic heterocycles. The maximum Gasteiger partial charge on any atom is 0.266 e. The van der Waals surface area contributed by atoms with E-state index in [0.717, 1.165) is 11.3 Å². The normalized spacial score (nSPS) is 14.7. The number of carbonyl (C=O) groups is 2. The molecule has 1 aliphatic rings. The molecule has 2 heterocycles. The topological polar surface area (TPSA) is 68.1 Å². The summed E-state index contributed by atoms with van der Waals surface area (Å²) in [6.07, 6.45) is 3.29. The van der Waals surface area contributed by atoms with E-state index in [-0.39, 0.29) is 11.8 Å². The summed E-state index contributed by atoms with van der Waals surface area (Å²) in [6, 6.07) is 24.0. The summed E-state index contributed by atoms with van der Waals surface area (Å²) in [7, 11) is 0. The SMILES string of the molecule is Cc1ccccc1N1C(=O)C(=Cc2cnn(-c3ccccc3)n2)c2ccccc2C1=O. The van der Waals surface area contributed by atoms with Crippen LogP contribution in [0.2, 0.25) is 0 Å². The predicted octanol–water partition coefficient (Wildman–Crippen LogP) is 4.30. The van der Waals surface area contributed by atoms with E-state index in [1.54, 1.807) is 36.5 Å². The monoisotopic (exact) mass is 406 g/mol. The van der Waals surface area contributed by atoms with Gasteiger partial charge in [0.15, 0.2) is 0 Å². The van der Waals surface area contributed by atoms with Crippen molar-refractivity contribution < 1.29 is 9.59 Å². The molecule has 31 heavy (non-hydrogen) atoms. The zero-order chi connectivity index (χ0) is 21.4. The first-order valence-corrected chi connectivity index (χ1v) is 9.87. The number of rotatable bonds is 3. The minimum absolute atomic E-state index is 0.333. The van der Waals surface area contributed by atoms with Crippen molar-refractivity contribution in [3.8, 4) is 5.69 Å². The van der Waals surface area contributed by atoms with Crippen LogP contribution in [-0.2, 0) is 4.79 Å². The Bertz CT molecular complexity index is 1340. The van der Waals surface area contributed by atoms with E-state index < -0.39 is 0 Å². The van der Waals surface area contributed by atoms with Crippen LogP contribution in [0.5, 0.6) is 0 Å². The Kier molecular flexibility index (Phi) is 4.52. The van der Waals surface area contributed by atoms with E-state index in [4.69, 9.17) is 0 Å². The summed E-state index contributed by atoms with van der Waals surface area (Å²) in [5.74, 6) is -0.716. The molecule has 0 bridgehead atoms. The summed E-state index contributed by atoms with van der Waals surface area (Å²) in [4.78, 5) is 29.5. The quantitative estimate of drug-likeness (QED) is 0.376. The third kappa shape index (κ3) is 3.24. The van der Waals surface area contributed by atoms with E-state index in [9.17, 15) is 9.59 Å². The van der Waals surface area contributed by atoms with Crippen molar-refractivity contribution >= 4 is 29.2 Å². The molecule has 0 unspecified atom stereocenters. The third-order valence-corrected chi connectivity index (χ3v) is 5.23. The van der Waals surface area contributed by atoms with Gasteiger partial charge in [0.2, 0.25) is 0 Å². The Balaban J connectivity index is 1.63. The van der Waals surface area contributed by atoms with Crippen molar-refractivity contribution in [2.24, 2.45) is 0 Å². The largest absolute Gasteiger partial charge is 0.268 e. The predicted molar refractivity (Wildman–Crippen MR) is 119 cm³/mol. The molecule has 150 valence electrons. The number of para-hydroxylation sites is 2. The van der Waals surface area contributed by atoms with Crippen LogP contribution in [0.3, 0.4) is 0 Å². The second kappa shape index (κ2) is 7.50. The van der Waals surface area contributed by atoms with E-state index in [1.165, 1.54) is 9.70 Å². The Hall–Kier alpha value is -4.32. The number of aryl methyl sites for hydroxylation is 1. The lowest BCUT2D eigenvalue weighted by atomic mass is 9.92. The summed E-state index contributed by atoms with van der Waals surface area (Å²) >= 11 is 0. The number of fused-ring (bicyclic) bond motifs is 1. The molecule has 2 amide bonds. The van der Waals surface area contributed by atoms with Crippen LogP contribution >= 0.6 is 0 Å². The zero-order valence-electron chi connectivity index (χ0n) is 16.8. The zero-order valence-corrected chi connectivity index (χ0v) is 16.8. The first-order valence-electron chi connectivity index (χ1n) is 9.87. The molecule has 6 nitrogen and oxygen atoms in total. The van der Waals surface area contributed by atoms with E-state index in [1.807, 2.05) is 61.5 Å². The number of hydrogen-bond acceptors (Lipinski definition) is 4. The van der Waals surface area contributed by atoms with Crippen LogP contribution < -0.4 is 4.90 Å². The second-order valence-electron chi connectivity index (χ2n) is 7.23. The standard InChI is InChI=1S/C25H18N4O2/c1-17-9-5-8-14-23(17)28-24(30)21-13-7-6-12-20(21)22(25(28)31)15-18-16-26-29(27-18)19-10-3-2-4-11-19/h2-16H,1H3. The summed E-state index contributed by atoms with van der Waals surface area (Å²) in [5, 5.41) is 8.80. The number of amides is 2. The fourth-order valence-corrected chi connectivity index (χ4v) is 3.70. The van der Waals surface area contributed by atoms with Crippen molar-refractivity contribution in [3.63, 3.8) is 0 Å². The fraction of sp³-hybridized carbons (Fsp3) is 0.0400. The van der Waals surface area contributed by atoms with Gasteiger partial charge < -0.3 is 0 Å². The Labute approximate surface area is 179 Å². The van der Waals surface area contributed by atoms with E-state index >= 15 is 0 Å². The van der Waals surface area contributed by atoms with Gasteiger partial charge in [-0.25, -0.2) is 4.90 Å². The Morgan fingerprint density at radius 3 is 2.23 bits per heavy atom. The number of imide groups is 1. The fourth-order valence-electron chi connectivity index (χ4n) is 3.70. The van der Waals surface area contributed by atoms with Gasteiger partial charge in [-0.3, -0.25) is 9.59 Å².